The number of nitrogens with one attached hydrogen (secondary N) is 1. The lowest BCUT2D eigenvalue weighted by Gasteiger charge is -2.29. The van der Waals surface area contributed by atoms with Gasteiger partial charge in [-0.1, -0.05) is 27.4 Å². The molecule has 2 aliphatic rings. The summed E-state index contributed by atoms with van der Waals surface area (Å²) in [6.07, 6.45) is 11.3. The lowest BCUT2D eigenvalue weighted by molar-refractivity contribution is 0.276. The highest BCUT2D eigenvalue weighted by Crippen LogP contribution is 2.37. The van der Waals surface area contributed by atoms with Gasteiger partial charge in [-0.05, 0) is 50.4 Å². The fraction of sp³-hybridized carbons (Fsp3) is 0.700. The van der Waals surface area contributed by atoms with Crippen LogP contribution >= 0.6 is 0 Å². The molecule has 0 radical (unpaired) electrons. The highest BCUT2D eigenvalue weighted by atomic mass is 15.3. The van der Waals surface area contributed by atoms with Crippen molar-refractivity contribution in [3.8, 4) is 0 Å². The predicted octanol–water partition coefficient (Wildman–Crippen LogP) is 3.79. The summed E-state index contributed by atoms with van der Waals surface area (Å²) < 4.78 is 0. The van der Waals surface area contributed by atoms with Crippen molar-refractivity contribution in [1.82, 2.24) is 10.2 Å². The van der Waals surface area contributed by atoms with Crippen molar-refractivity contribution in [2.24, 2.45) is 21.1 Å². The first-order chi connectivity index (χ1) is 12.1. The van der Waals surface area contributed by atoms with Crippen molar-refractivity contribution in [2.75, 3.05) is 13.1 Å². The van der Waals surface area contributed by atoms with Gasteiger partial charge in [-0.25, -0.2) is 4.99 Å². The smallest absolute Gasteiger partial charge is 0.204 e. The molecular formula is C20H35N5. The van der Waals surface area contributed by atoms with E-state index < -0.39 is 0 Å². The van der Waals surface area contributed by atoms with Gasteiger partial charge in [-0.3, -0.25) is 4.99 Å². The summed E-state index contributed by atoms with van der Waals surface area (Å²) in [7, 11) is 0. The number of likely N-dealkylation sites (tertiary alicyclic amines) is 1. The van der Waals surface area contributed by atoms with Crippen LogP contribution in [0.4, 0.5) is 0 Å². The Kier molecular flexibility index (Phi) is 7.09. The molecule has 1 aliphatic carbocycles. The van der Waals surface area contributed by atoms with Crippen molar-refractivity contribution in [3.05, 3.63) is 24.6 Å². The van der Waals surface area contributed by atoms with Crippen LogP contribution in [0.15, 0.2) is 34.5 Å². The molecule has 0 atom stereocenters. The van der Waals surface area contributed by atoms with E-state index in [0.717, 1.165) is 36.9 Å². The zero-order valence-electron chi connectivity index (χ0n) is 16.2. The number of nitrogens with two attached hydrogens (primary N) is 1. The van der Waals surface area contributed by atoms with E-state index in [1.54, 1.807) is 12.4 Å². The zero-order chi connectivity index (χ0) is 18.3. The van der Waals surface area contributed by atoms with Gasteiger partial charge in [-0.2, -0.15) is 0 Å². The van der Waals surface area contributed by atoms with E-state index in [4.69, 9.17) is 10.7 Å². The molecular weight excluding hydrogens is 310 g/mol. The molecule has 1 saturated carbocycles. The van der Waals surface area contributed by atoms with E-state index in [0.29, 0.717) is 11.5 Å². The number of hydrogen-bond donors (Lipinski definition) is 2. The monoisotopic (exact) mass is 345 g/mol. The van der Waals surface area contributed by atoms with E-state index in [-0.39, 0.29) is 0 Å². The Morgan fingerprint density at radius 2 is 2.04 bits per heavy atom. The second-order valence-electron chi connectivity index (χ2n) is 7.25. The number of rotatable bonds is 6. The molecule has 25 heavy (non-hydrogen) atoms. The summed E-state index contributed by atoms with van der Waals surface area (Å²) in [6.45, 7) is 12.5. The number of hydrogen-bond acceptors (Lipinski definition) is 3. The minimum absolute atomic E-state index is 0.395. The van der Waals surface area contributed by atoms with Crippen LogP contribution in [0.5, 0.6) is 0 Å². The Labute approximate surface area is 153 Å². The fourth-order valence-corrected chi connectivity index (χ4v) is 3.59. The third kappa shape index (κ3) is 4.65. The molecule has 1 saturated heterocycles. The standard InChI is InChI=1S/C20H35N5/c1-5-16(14-21)18(23-17-10-9-11-17)24-19(22-8-4)25-13-12-20(6-2,7-3)15-25/h8,14,17H,4-7,9-13,15,21H2,1-3H3,(H,22,23,24). The third-order valence-electron chi connectivity index (χ3n) is 5.95. The zero-order valence-corrected chi connectivity index (χ0v) is 16.2. The van der Waals surface area contributed by atoms with Crippen LogP contribution < -0.4 is 11.1 Å². The highest BCUT2D eigenvalue weighted by Gasteiger charge is 2.36. The van der Waals surface area contributed by atoms with Gasteiger partial charge in [0.25, 0.3) is 0 Å². The summed E-state index contributed by atoms with van der Waals surface area (Å²) in [4.78, 5) is 11.8. The Morgan fingerprint density at radius 1 is 1.32 bits per heavy atom. The van der Waals surface area contributed by atoms with Crippen LogP contribution in [0.25, 0.3) is 0 Å². The maximum atomic E-state index is 5.85. The maximum absolute atomic E-state index is 5.85. The van der Waals surface area contributed by atoms with Crippen LogP contribution in [0.1, 0.15) is 65.7 Å². The lowest BCUT2D eigenvalue weighted by atomic mass is 9.82. The van der Waals surface area contributed by atoms with Gasteiger partial charge in [0.05, 0.1) is 6.04 Å². The van der Waals surface area contributed by atoms with E-state index in [1.807, 2.05) is 0 Å². The van der Waals surface area contributed by atoms with Crippen LogP contribution in [-0.2, 0) is 0 Å². The predicted molar refractivity (Wildman–Crippen MR) is 108 cm³/mol. The lowest BCUT2D eigenvalue weighted by Crippen LogP contribution is -2.45. The van der Waals surface area contributed by atoms with Crippen molar-refractivity contribution < 1.29 is 0 Å². The van der Waals surface area contributed by atoms with Crippen molar-refractivity contribution in [2.45, 2.75) is 71.8 Å². The topological polar surface area (TPSA) is 66.0 Å². The van der Waals surface area contributed by atoms with Gasteiger partial charge in [-0.15, -0.1) is 0 Å². The Hall–Kier alpha value is -1.78. The number of guanidine groups is 1. The van der Waals surface area contributed by atoms with E-state index in [1.165, 1.54) is 38.5 Å². The molecule has 0 aromatic rings. The summed E-state index contributed by atoms with van der Waals surface area (Å²) in [6, 6.07) is 0.415. The van der Waals surface area contributed by atoms with Gasteiger partial charge >= 0.3 is 0 Å². The average Bonchev–Trinajstić information content (AvgIpc) is 3.03. The van der Waals surface area contributed by atoms with Crippen LogP contribution in [0.3, 0.4) is 0 Å². The van der Waals surface area contributed by atoms with Crippen LogP contribution in [0, 0.1) is 5.41 Å². The molecule has 5 nitrogen and oxygen atoms in total. The van der Waals surface area contributed by atoms with Gasteiger partial charge in [0.2, 0.25) is 5.96 Å². The fourth-order valence-electron chi connectivity index (χ4n) is 3.59. The number of aliphatic imine (C=N–C) groups is 2. The first-order valence-electron chi connectivity index (χ1n) is 9.81. The average molecular weight is 346 g/mol. The number of nitrogens with zero attached hydrogens (tertiary/aromatic N) is 3. The largest absolute Gasteiger partial charge is 0.404 e. The van der Waals surface area contributed by atoms with E-state index in [9.17, 15) is 0 Å². The molecule has 0 amide bonds. The molecule has 2 fully saturated rings. The molecule has 0 bridgehead atoms. The molecule has 0 unspecified atom stereocenters. The van der Waals surface area contributed by atoms with E-state index >= 15 is 0 Å². The molecule has 1 aliphatic heterocycles. The Bertz CT molecular complexity index is 538. The van der Waals surface area contributed by atoms with Gasteiger partial charge in [0.1, 0.15) is 5.84 Å². The summed E-state index contributed by atoms with van der Waals surface area (Å²) in [5.41, 5.74) is 7.29. The quantitative estimate of drug-likeness (QED) is 0.568. The van der Waals surface area contributed by atoms with Crippen LogP contribution in [0.2, 0.25) is 0 Å². The molecule has 2 rings (SSSR count). The molecule has 5 heteroatoms. The Morgan fingerprint density at radius 3 is 2.48 bits per heavy atom. The van der Waals surface area contributed by atoms with Crippen molar-refractivity contribution in [1.29, 1.82) is 0 Å². The molecule has 3 N–H and O–H groups in total. The van der Waals surface area contributed by atoms with Crippen molar-refractivity contribution >= 4 is 11.8 Å². The Balaban J connectivity index is 2.20. The minimum Gasteiger partial charge on any atom is -0.404 e. The summed E-state index contributed by atoms with van der Waals surface area (Å²) in [5.74, 6) is 1.73. The SMILES string of the molecule is C=CN=C(NC(=NC1CCC1)C(=CN)CC)N1CCC(CC)(CC)C1. The molecule has 0 aromatic heterocycles. The first-order valence-corrected chi connectivity index (χ1v) is 9.81. The van der Waals surface area contributed by atoms with E-state index in [2.05, 4.69) is 42.6 Å². The minimum atomic E-state index is 0.395. The summed E-state index contributed by atoms with van der Waals surface area (Å²) in [5, 5.41) is 3.49. The van der Waals surface area contributed by atoms with Crippen LogP contribution in [-0.4, -0.2) is 35.8 Å². The second kappa shape index (κ2) is 9.07. The summed E-state index contributed by atoms with van der Waals surface area (Å²) >= 11 is 0. The number of amidine groups is 1. The molecule has 140 valence electrons. The maximum Gasteiger partial charge on any atom is 0.204 e. The van der Waals surface area contributed by atoms with Gasteiger partial charge < -0.3 is 16.0 Å². The molecule has 0 spiro atoms. The van der Waals surface area contributed by atoms with Gasteiger partial charge in [0.15, 0.2) is 0 Å². The normalized spacial score (nSPS) is 22.0. The highest BCUT2D eigenvalue weighted by molar-refractivity contribution is 6.08. The molecule has 1 heterocycles. The van der Waals surface area contributed by atoms with Crippen molar-refractivity contribution in [3.63, 3.8) is 0 Å². The third-order valence-corrected chi connectivity index (χ3v) is 5.95. The first kappa shape index (κ1) is 19.5. The van der Waals surface area contributed by atoms with Gasteiger partial charge in [0, 0.05) is 31.1 Å². The molecule has 0 aromatic carbocycles. The second-order valence-corrected chi connectivity index (χ2v) is 7.25.